The van der Waals surface area contributed by atoms with Crippen molar-refractivity contribution in [1.82, 2.24) is 9.97 Å². The molecule has 0 saturated carbocycles. The van der Waals surface area contributed by atoms with E-state index in [1.807, 2.05) is 17.2 Å². The Bertz CT molecular complexity index is 642. The highest BCUT2D eigenvalue weighted by atomic mass is 35.5. The Morgan fingerprint density at radius 3 is 2.75 bits per heavy atom. The van der Waals surface area contributed by atoms with Gasteiger partial charge in [-0.3, -0.25) is 0 Å². The number of hydrogen-bond acceptors (Lipinski definition) is 3. The van der Waals surface area contributed by atoms with Gasteiger partial charge >= 0.3 is 0 Å². The van der Waals surface area contributed by atoms with E-state index in [-0.39, 0.29) is 12.7 Å². The molecule has 106 valence electrons. The minimum atomic E-state index is -0.337. The third-order valence-electron chi connectivity index (χ3n) is 3.96. The molecule has 0 amide bonds. The van der Waals surface area contributed by atoms with E-state index in [9.17, 15) is 4.39 Å². The summed E-state index contributed by atoms with van der Waals surface area (Å²) in [5.41, 5.74) is 1.14. The van der Waals surface area contributed by atoms with Gasteiger partial charge in [-0.05, 0) is 29.4 Å². The summed E-state index contributed by atoms with van der Waals surface area (Å²) in [6.07, 6.45) is 4.51. The average Bonchev–Trinajstić information content (AvgIpc) is 2.37. The van der Waals surface area contributed by atoms with Gasteiger partial charge in [0.25, 0.3) is 0 Å². The van der Waals surface area contributed by atoms with E-state index in [0.717, 1.165) is 35.1 Å². The standard InChI is InChI=1S/C15H17ClFN3/c1-9(2)12-7-19-15(20-4-3-10(20)6-17)13-8-18-14(16)5-11(12)13/h5,7-10H,3-4,6H2,1-2H3/t10-/m0/s1. The molecule has 0 N–H and O–H groups in total. The first-order valence-corrected chi connectivity index (χ1v) is 7.26. The lowest BCUT2D eigenvalue weighted by Gasteiger charge is -2.41. The molecule has 1 aliphatic rings. The zero-order chi connectivity index (χ0) is 14.3. The maximum Gasteiger partial charge on any atom is 0.138 e. The van der Waals surface area contributed by atoms with Gasteiger partial charge < -0.3 is 4.90 Å². The predicted octanol–water partition coefficient (Wildman–Crippen LogP) is 3.95. The molecule has 1 fully saturated rings. The van der Waals surface area contributed by atoms with E-state index in [1.54, 1.807) is 6.20 Å². The topological polar surface area (TPSA) is 29.0 Å². The first kappa shape index (κ1) is 13.6. The van der Waals surface area contributed by atoms with Gasteiger partial charge in [0.1, 0.15) is 17.6 Å². The lowest BCUT2D eigenvalue weighted by Crippen LogP contribution is -2.49. The monoisotopic (exact) mass is 293 g/mol. The van der Waals surface area contributed by atoms with Crippen LogP contribution in [0.25, 0.3) is 10.8 Å². The molecule has 3 rings (SSSR count). The van der Waals surface area contributed by atoms with Crippen molar-refractivity contribution < 1.29 is 4.39 Å². The molecular formula is C15H17ClFN3. The fraction of sp³-hybridized carbons (Fsp3) is 0.467. The summed E-state index contributed by atoms with van der Waals surface area (Å²) in [4.78, 5) is 10.7. The van der Waals surface area contributed by atoms with Crippen LogP contribution in [0.15, 0.2) is 18.5 Å². The van der Waals surface area contributed by atoms with Crippen LogP contribution in [0, 0.1) is 0 Å². The molecule has 0 spiro atoms. The number of nitrogens with zero attached hydrogens (tertiary/aromatic N) is 3. The van der Waals surface area contributed by atoms with Gasteiger partial charge in [-0.25, -0.2) is 14.4 Å². The fourth-order valence-electron chi connectivity index (χ4n) is 2.69. The van der Waals surface area contributed by atoms with E-state index in [4.69, 9.17) is 11.6 Å². The number of aromatic nitrogens is 2. The molecular weight excluding hydrogens is 277 g/mol. The molecule has 5 heteroatoms. The largest absolute Gasteiger partial charge is 0.350 e. The Balaban J connectivity index is 2.17. The van der Waals surface area contributed by atoms with Crippen LogP contribution in [0.5, 0.6) is 0 Å². The van der Waals surface area contributed by atoms with E-state index < -0.39 is 0 Å². The van der Waals surface area contributed by atoms with Crippen LogP contribution in [0.2, 0.25) is 5.15 Å². The van der Waals surface area contributed by atoms with Gasteiger partial charge in [-0.1, -0.05) is 25.4 Å². The maximum absolute atomic E-state index is 12.9. The van der Waals surface area contributed by atoms with Gasteiger partial charge in [0.2, 0.25) is 0 Å². The van der Waals surface area contributed by atoms with Gasteiger partial charge in [0, 0.05) is 24.3 Å². The minimum Gasteiger partial charge on any atom is -0.350 e. The van der Waals surface area contributed by atoms with E-state index in [0.29, 0.717) is 11.1 Å². The highest BCUT2D eigenvalue weighted by molar-refractivity contribution is 6.30. The number of rotatable bonds is 3. The fourth-order valence-corrected chi connectivity index (χ4v) is 2.84. The van der Waals surface area contributed by atoms with Crippen molar-refractivity contribution in [2.75, 3.05) is 18.1 Å². The predicted molar refractivity (Wildman–Crippen MR) is 80.4 cm³/mol. The summed E-state index contributed by atoms with van der Waals surface area (Å²) < 4.78 is 12.9. The molecule has 1 aliphatic heterocycles. The normalized spacial score (nSPS) is 18.6. The van der Waals surface area contributed by atoms with Crippen molar-refractivity contribution in [3.8, 4) is 0 Å². The van der Waals surface area contributed by atoms with Crippen LogP contribution >= 0.6 is 11.6 Å². The zero-order valence-electron chi connectivity index (χ0n) is 11.6. The molecule has 0 aliphatic carbocycles. The Hall–Kier alpha value is -1.42. The SMILES string of the molecule is CC(C)c1cnc(N2CC[C@H]2CF)c2cnc(Cl)cc12. The number of fused-ring (bicyclic) bond motifs is 1. The number of hydrogen-bond donors (Lipinski definition) is 0. The highest BCUT2D eigenvalue weighted by Crippen LogP contribution is 2.35. The molecule has 1 atom stereocenters. The number of halogens is 2. The second-order valence-corrected chi connectivity index (χ2v) is 5.92. The van der Waals surface area contributed by atoms with Crippen molar-refractivity contribution in [3.63, 3.8) is 0 Å². The van der Waals surface area contributed by atoms with Crippen molar-refractivity contribution in [1.29, 1.82) is 0 Å². The Morgan fingerprint density at radius 2 is 2.15 bits per heavy atom. The van der Waals surface area contributed by atoms with Crippen LogP contribution in [0.3, 0.4) is 0 Å². The first-order chi connectivity index (χ1) is 9.61. The average molecular weight is 294 g/mol. The quantitative estimate of drug-likeness (QED) is 0.802. The van der Waals surface area contributed by atoms with Crippen LogP contribution in [-0.2, 0) is 0 Å². The molecule has 0 radical (unpaired) electrons. The zero-order valence-corrected chi connectivity index (χ0v) is 12.4. The van der Waals surface area contributed by atoms with E-state index in [1.165, 1.54) is 0 Å². The van der Waals surface area contributed by atoms with Crippen LogP contribution < -0.4 is 4.90 Å². The Morgan fingerprint density at radius 1 is 1.35 bits per heavy atom. The number of anilines is 1. The maximum atomic E-state index is 12.9. The van der Waals surface area contributed by atoms with Gasteiger partial charge in [0.15, 0.2) is 0 Å². The summed E-state index contributed by atoms with van der Waals surface area (Å²) in [6.45, 7) is 4.76. The molecule has 0 bridgehead atoms. The van der Waals surface area contributed by atoms with E-state index >= 15 is 0 Å². The third-order valence-corrected chi connectivity index (χ3v) is 4.17. The first-order valence-electron chi connectivity index (χ1n) is 6.88. The van der Waals surface area contributed by atoms with Crippen LogP contribution in [0.1, 0.15) is 31.7 Å². The van der Waals surface area contributed by atoms with Gasteiger partial charge in [-0.2, -0.15) is 0 Å². The molecule has 2 aromatic rings. The molecule has 3 heterocycles. The summed E-state index contributed by atoms with van der Waals surface area (Å²) in [6, 6.07) is 1.83. The smallest absolute Gasteiger partial charge is 0.138 e. The van der Waals surface area contributed by atoms with Crippen LogP contribution in [0.4, 0.5) is 10.2 Å². The Labute approximate surface area is 122 Å². The highest BCUT2D eigenvalue weighted by Gasteiger charge is 2.30. The molecule has 1 saturated heterocycles. The van der Waals surface area contributed by atoms with Crippen molar-refractivity contribution >= 4 is 28.2 Å². The number of alkyl halides is 1. The summed E-state index contributed by atoms with van der Waals surface area (Å²) >= 11 is 6.03. The van der Waals surface area contributed by atoms with Gasteiger partial charge in [0.05, 0.1) is 6.04 Å². The summed E-state index contributed by atoms with van der Waals surface area (Å²) in [5, 5.41) is 2.50. The minimum absolute atomic E-state index is 0.0497. The second kappa shape index (κ2) is 5.17. The Kier molecular flexibility index (Phi) is 3.50. The molecule has 2 aromatic heterocycles. The van der Waals surface area contributed by atoms with Crippen molar-refractivity contribution in [3.05, 3.63) is 29.2 Å². The third kappa shape index (κ3) is 2.12. The van der Waals surface area contributed by atoms with Crippen molar-refractivity contribution in [2.24, 2.45) is 0 Å². The molecule has 20 heavy (non-hydrogen) atoms. The van der Waals surface area contributed by atoms with E-state index in [2.05, 4.69) is 23.8 Å². The van der Waals surface area contributed by atoms with Crippen molar-refractivity contribution in [2.45, 2.75) is 32.2 Å². The summed E-state index contributed by atoms with van der Waals surface area (Å²) in [5.74, 6) is 1.17. The number of pyridine rings is 2. The molecule has 0 aromatic carbocycles. The van der Waals surface area contributed by atoms with Crippen LogP contribution in [-0.4, -0.2) is 29.2 Å². The van der Waals surface area contributed by atoms with Gasteiger partial charge in [-0.15, -0.1) is 0 Å². The second-order valence-electron chi connectivity index (χ2n) is 5.53. The lowest BCUT2D eigenvalue weighted by molar-refractivity contribution is 0.339. The summed E-state index contributed by atoms with van der Waals surface area (Å²) in [7, 11) is 0. The lowest BCUT2D eigenvalue weighted by atomic mass is 9.97. The molecule has 3 nitrogen and oxygen atoms in total. The molecule has 0 unspecified atom stereocenters.